The molecule has 0 spiro atoms. The van der Waals surface area contributed by atoms with Gasteiger partial charge in [-0.15, -0.1) is 0 Å². The molecule has 0 bridgehead atoms. The Morgan fingerprint density at radius 2 is 2.12 bits per heavy atom. The van der Waals surface area contributed by atoms with Crippen molar-refractivity contribution in [2.24, 2.45) is 7.05 Å². The lowest BCUT2D eigenvalue weighted by Gasteiger charge is -2.24. The number of nitrogens with zero attached hydrogens (tertiary/aromatic N) is 5. The smallest absolute Gasteiger partial charge is 0.272 e. The number of aromatic nitrogens is 4. The highest BCUT2D eigenvalue weighted by atomic mass is 16.5. The molecule has 0 saturated heterocycles. The summed E-state index contributed by atoms with van der Waals surface area (Å²) in [6.45, 7) is 2.22. The summed E-state index contributed by atoms with van der Waals surface area (Å²) in [5.74, 6) is -0.0360. The van der Waals surface area contributed by atoms with E-state index >= 15 is 0 Å². The molecule has 26 heavy (non-hydrogen) atoms. The van der Waals surface area contributed by atoms with Crippen LogP contribution in [-0.2, 0) is 31.5 Å². The third-order valence-corrected chi connectivity index (χ3v) is 4.62. The van der Waals surface area contributed by atoms with Gasteiger partial charge in [0, 0.05) is 37.9 Å². The van der Waals surface area contributed by atoms with Crippen molar-refractivity contribution >= 4 is 5.91 Å². The zero-order chi connectivity index (χ0) is 17.9. The first-order valence-corrected chi connectivity index (χ1v) is 8.63. The summed E-state index contributed by atoms with van der Waals surface area (Å²) in [4.78, 5) is 19.1. The predicted molar refractivity (Wildman–Crippen MR) is 95.2 cm³/mol. The molecule has 0 fully saturated rings. The van der Waals surface area contributed by atoms with E-state index in [-0.39, 0.29) is 12.0 Å². The van der Waals surface area contributed by atoms with Gasteiger partial charge in [-0.1, -0.05) is 6.07 Å². The maximum Gasteiger partial charge on any atom is 0.272 e. The first-order valence-electron chi connectivity index (χ1n) is 8.63. The average molecular weight is 351 g/mol. The van der Waals surface area contributed by atoms with Crippen LogP contribution >= 0.6 is 0 Å². The molecule has 1 unspecified atom stereocenters. The molecule has 0 N–H and O–H groups in total. The lowest BCUT2D eigenvalue weighted by atomic mass is 10.2. The summed E-state index contributed by atoms with van der Waals surface area (Å²) in [6.07, 6.45) is 5.32. The molecule has 4 heterocycles. The van der Waals surface area contributed by atoms with Crippen LogP contribution in [0.4, 0.5) is 0 Å². The van der Waals surface area contributed by atoms with Crippen LogP contribution in [0.15, 0.2) is 55.0 Å². The zero-order valence-corrected chi connectivity index (χ0v) is 14.7. The van der Waals surface area contributed by atoms with Crippen LogP contribution in [0.3, 0.4) is 0 Å². The van der Waals surface area contributed by atoms with Crippen LogP contribution in [0, 0.1) is 0 Å². The van der Waals surface area contributed by atoms with Crippen molar-refractivity contribution in [2.75, 3.05) is 6.54 Å². The maximum absolute atomic E-state index is 13.0. The number of hydrogen-bond donors (Lipinski definition) is 0. The Labute approximate surface area is 151 Å². The van der Waals surface area contributed by atoms with E-state index in [0.29, 0.717) is 31.9 Å². The SMILES string of the molecule is Cn1nccc1C(=O)N1Cc2cccn2CC(OCc2ccccn2)C1. The van der Waals surface area contributed by atoms with Crippen LogP contribution in [0.2, 0.25) is 0 Å². The Balaban J connectivity index is 1.53. The largest absolute Gasteiger partial charge is 0.368 e. The highest BCUT2D eigenvalue weighted by Gasteiger charge is 2.27. The van der Waals surface area contributed by atoms with Crippen LogP contribution in [0.5, 0.6) is 0 Å². The number of hydrogen-bond acceptors (Lipinski definition) is 4. The number of aryl methyl sites for hydroxylation is 1. The molecule has 0 radical (unpaired) electrons. The Hall–Kier alpha value is -2.93. The lowest BCUT2D eigenvalue weighted by Crippen LogP contribution is -2.38. The van der Waals surface area contributed by atoms with Gasteiger partial charge in [-0.3, -0.25) is 14.5 Å². The van der Waals surface area contributed by atoms with Crippen molar-refractivity contribution in [1.29, 1.82) is 0 Å². The standard InChI is InChI=1S/C19H21N5O2/c1-22-18(7-9-21-22)19(25)24-11-16-6-4-10-23(16)12-17(13-24)26-14-15-5-2-3-8-20-15/h2-10,17H,11-14H2,1H3. The topological polar surface area (TPSA) is 65.2 Å². The van der Waals surface area contributed by atoms with E-state index in [1.54, 1.807) is 30.2 Å². The molecular weight excluding hydrogens is 330 g/mol. The van der Waals surface area contributed by atoms with Gasteiger partial charge in [0.05, 0.1) is 31.5 Å². The first kappa shape index (κ1) is 16.5. The van der Waals surface area contributed by atoms with E-state index in [0.717, 1.165) is 11.4 Å². The molecule has 134 valence electrons. The molecule has 0 aliphatic carbocycles. The molecule has 1 aliphatic rings. The molecular formula is C19H21N5O2. The van der Waals surface area contributed by atoms with Gasteiger partial charge >= 0.3 is 0 Å². The summed E-state index contributed by atoms with van der Waals surface area (Å²) in [6, 6.07) is 11.6. The van der Waals surface area contributed by atoms with Gasteiger partial charge in [-0.2, -0.15) is 5.10 Å². The van der Waals surface area contributed by atoms with E-state index in [4.69, 9.17) is 4.74 Å². The molecule has 0 saturated carbocycles. The zero-order valence-electron chi connectivity index (χ0n) is 14.7. The number of carbonyl (C=O) groups excluding carboxylic acids is 1. The number of amides is 1. The van der Waals surface area contributed by atoms with E-state index in [1.807, 2.05) is 41.4 Å². The molecule has 7 nitrogen and oxygen atoms in total. The van der Waals surface area contributed by atoms with E-state index in [9.17, 15) is 4.79 Å². The predicted octanol–water partition coefficient (Wildman–Crippen LogP) is 1.86. The minimum atomic E-state index is -0.108. The van der Waals surface area contributed by atoms with Gasteiger partial charge in [0.25, 0.3) is 5.91 Å². The third kappa shape index (κ3) is 3.39. The summed E-state index contributed by atoms with van der Waals surface area (Å²) in [5.41, 5.74) is 2.56. The lowest BCUT2D eigenvalue weighted by molar-refractivity contribution is 0.00897. The second-order valence-electron chi connectivity index (χ2n) is 6.43. The number of fused-ring (bicyclic) bond motifs is 1. The van der Waals surface area contributed by atoms with Crippen molar-refractivity contribution in [2.45, 2.75) is 25.8 Å². The van der Waals surface area contributed by atoms with Crippen molar-refractivity contribution in [3.8, 4) is 0 Å². The second kappa shape index (κ2) is 7.13. The van der Waals surface area contributed by atoms with Gasteiger partial charge in [0.1, 0.15) is 5.69 Å². The number of ether oxygens (including phenoxy) is 1. The Bertz CT molecular complexity index is 886. The summed E-state index contributed by atoms with van der Waals surface area (Å²) in [5, 5.41) is 4.11. The number of carbonyl (C=O) groups is 1. The third-order valence-electron chi connectivity index (χ3n) is 4.62. The minimum absolute atomic E-state index is 0.0360. The molecule has 1 amide bonds. The average Bonchev–Trinajstić information content (AvgIpc) is 3.24. The normalized spacial score (nSPS) is 17.0. The Morgan fingerprint density at radius 1 is 1.19 bits per heavy atom. The molecule has 3 aromatic rings. The molecule has 0 aromatic carbocycles. The van der Waals surface area contributed by atoms with Crippen LogP contribution in [0.25, 0.3) is 0 Å². The van der Waals surface area contributed by atoms with E-state index in [1.165, 1.54) is 0 Å². The van der Waals surface area contributed by atoms with Gasteiger partial charge in [0.2, 0.25) is 0 Å². The van der Waals surface area contributed by atoms with Crippen molar-refractivity contribution in [3.05, 3.63) is 72.1 Å². The molecule has 3 aromatic heterocycles. The van der Waals surface area contributed by atoms with Crippen LogP contribution in [-0.4, -0.2) is 42.8 Å². The fourth-order valence-corrected chi connectivity index (χ4v) is 3.25. The van der Waals surface area contributed by atoms with Gasteiger partial charge in [-0.25, -0.2) is 0 Å². The van der Waals surface area contributed by atoms with Crippen molar-refractivity contribution in [3.63, 3.8) is 0 Å². The van der Waals surface area contributed by atoms with Crippen molar-refractivity contribution in [1.82, 2.24) is 24.2 Å². The minimum Gasteiger partial charge on any atom is -0.368 e. The molecule has 1 atom stereocenters. The quantitative estimate of drug-likeness (QED) is 0.720. The van der Waals surface area contributed by atoms with E-state index in [2.05, 4.69) is 14.6 Å². The Morgan fingerprint density at radius 3 is 2.88 bits per heavy atom. The summed E-state index contributed by atoms with van der Waals surface area (Å²) < 4.78 is 9.86. The summed E-state index contributed by atoms with van der Waals surface area (Å²) >= 11 is 0. The molecule has 1 aliphatic heterocycles. The fraction of sp³-hybridized carbons (Fsp3) is 0.316. The number of pyridine rings is 1. The molecule has 4 rings (SSSR count). The Kier molecular flexibility index (Phi) is 4.53. The first-order chi connectivity index (χ1) is 12.7. The highest BCUT2D eigenvalue weighted by molar-refractivity contribution is 5.92. The molecule has 7 heteroatoms. The van der Waals surface area contributed by atoms with Crippen molar-refractivity contribution < 1.29 is 9.53 Å². The van der Waals surface area contributed by atoms with Gasteiger partial charge in [0.15, 0.2) is 0 Å². The second-order valence-corrected chi connectivity index (χ2v) is 6.43. The van der Waals surface area contributed by atoms with Crippen LogP contribution in [0.1, 0.15) is 21.9 Å². The van der Waals surface area contributed by atoms with E-state index < -0.39 is 0 Å². The van der Waals surface area contributed by atoms with Gasteiger partial charge < -0.3 is 14.2 Å². The monoisotopic (exact) mass is 351 g/mol. The maximum atomic E-state index is 13.0. The number of rotatable bonds is 4. The van der Waals surface area contributed by atoms with Gasteiger partial charge in [-0.05, 0) is 30.3 Å². The highest BCUT2D eigenvalue weighted by Crippen LogP contribution is 2.18. The summed E-state index contributed by atoms with van der Waals surface area (Å²) in [7, 11) is 1.78. The fourth-order valence-electron chi connectivity index (χ4n) is 3.25. The van der Waals surface area contributed by atoms with Crippen LogP contribution < -0.4 is 0 Å².